The van der Waals surface area contributed by atoms with Crippen LogP contribution in [0.4, 0.5) is 5.69 Å². The second-order valence-electron chi connectivity index (χ2n) is 5.76. The summed E-state index contributed by atoms with van der Waals surface area (Å²) in [5, 5.41) is 0. The molecule has 1 aliphatic heterocycles. The molecule has 118 valence electrons. The largest absolute Gasteiger partial charge is 0.455 e. The van der Waals surface area contributed by atoms with Gasteiger partial charge >= 0.3 is 0 Å². The molecule has 0 saturated carbocycles. The van der Waals surface area contributed by atoms with Crippen LogP contribution in [0.5, 0.6) is 11.5 Å². The molecule has 1 heterocycles. The summed E-state index contributed by atoms with van der Waals surface area (Å²) in [6.07, 6.45) is 1.14. The molecule has 3 nitrogen and oxygen atoms in total. The summed E-state index contributed by atoms with van der Waals surface area (Å²) < 4.78 is 6.11. The Morgan fingerprint density at radius 1 is 1.00 bits per heavy atom. The van der Waals surface area contributed by atoms with Gasteiger partial charge in [0.1, 0.15) is 5.75 Å². The van der Waals surface area contributed by atoms with E-state index < -0.39 is 0 Å². The molecule has 0 amide bonds. The second-order valence-corrected chi connectivity index (χ2v) is 5.76. The number of anilines is 1. The van der Waals surface area contributed by atoms with Gasteiger partial charge in [-0.15, -0.1) is 12.4 Å². The molecule has 0 atom stereocenters. The van der Waals surface area contributed by atoms with E-state index in [9.17, 15) is 0 Å². The molecule has 0 radical (unpaired) electrons. The van der Waals surface area contributed by atoms with Crippen molar-refractivity contribution >= 4 is 18.1 Å². The molecule has 0 N–H and O–H groups in total. The standard InChI is InChI=1S/C18H22N2O.ClH/c1-19(2)12-7-13-20-14-15-8-3-5-10-17(15)21-18-11-6-4-9-16(18)20;/h3-6,8-11H,7,12-14H2,1-2H3;1H. The number of rotatable bonds is 4. The van der Waals surface area contributed by atoms with Gasteiger partial charge in [-0.25, -0.2) is 0 Å². The lowest BCUT2D eigenvalue weighted by Crippen LogP contribution is -2.26. The number of para-hydroxylation sites is 3. The number of hydrogen-bond donors (Lipinski definition) is 0. The third-order valence-corrected chi connectivity index (χ3v) is 3.79. The van der Waals surface area contributed by atoms with Gasteiger partial charge in [0.2, 0.25) is 0 Å². The van der Waals surface area contributed by atoms with Gasteiger partial charge in [0.25, 0.3) is 0 Å². The third kappa shape index (κ3) is 3.73. The quantitative estimate of drug-likeness (QED) is 0.841. The van der Waals surface area contributed by atoms with E-state index in [4.69, 9.17) is 4.74 Å². The maximum atomic E-state index is 6.11. The Hall–Kier alpha value is -1.71. The molecular weight excluding hydrogens is 296 g/mol. The summed E-state index contributed by atoms with van der Waals surface area (Å²) in [6.45, 7) is 3.04. The Labute approximate surface area is 138 Å². The smallest absolute Gasteiger partial charge is 0.150 e. The molecule has 0 spiro atoms. The van der Waals surface area contributed by atoms with Crippen LogP contribution in [0.2, 0.25) is 0 Å². The average Bonchev–Trinajstić information content (AvgIpc) is 2.63. The van der Waals surface area contributed by atoms with E-state index in [1.165, 1.54) is 11.3 Å². The molecule has 0 bridgehead atoms. The van der Waals surface area contributed by atoms with Crippen molar-refractivity contribution in [3.05, 3.63) is 54.1 Å². The Kier molecular flexibility index (Phi) is 5.69. The fourth-order valence-electron chi connectivity index (χ4n) is 2.73. The molecule has 0 saturated heterocycles. The molecule has 2 aromatic rings. The third-order valence-electron chi connectivity index (χ3n) is 3.79. The lowest BCUT2D eigenvalue weighted by Gasteiger charge is -2.24. The van der Waals surface area contributed by atoms with Crippen molar-refractivity contribution in [2.75, 3.05) is 32.1 Å². The first kappa shape index (κ1) is 16.7. The molecule has 0 aromatic heterocycles. The van der Waals surface area contributed by atoms with E-state index in [1.807, 2.05) is 12.1 Å². The highest BCUT2D eigenvalue weighted by molar-refractivity contribution is 5.85. The van der Waals surface area contributed by atoms with Crippen molar-refractivity contribution in [2.24, 2.45) is 0 Å². The highest BCUT2D eigenvalue weighted by atomic mass is 35.5. The summed E-state index contributed by atoms with van der Waals surface area (Å²) in [5.41, 5.74) is 2.44. The minimum absolute atomic E-state index is 0. The highest BCUT2D eigenvalue weighted by Crippen LogP contribution is 2.38. The molecule has 2 aromatic carbocycles. The fraction of sp³-hybridized carbons (Fsp3) is 0.333. The van der Waals surface area contributed by atoms with Crippen LogP contribution >= 0.6 is 12.4 Å². The number of hydrogen-bond acceptors (Lipinski definition) is 3. The van der Waals surface area contributed by atoms with Crippen LogP contribution in [-0.2, 0) is 6.54 Å². The lowest BCUT2D eigenvalue weighted by atomic mass is 10.2. The maximum Gasteiger partial charge on any atom is 0.150 e. The van der Waals surface area contributed by atoms with Crippen LogP contribution in [0, 0.1) is 0 Å². The zero-order valence-electron chi connectivity index (χ0n) is 13.2. The molecular formula is C18H23ClN2O. The zero-order valence-corrected chi connectivity index (χ0v) is 14.0. The van der Waals surface area contributed by atoms with Gasteiger partial charge in [-0.2, -0.15) is 0 Å². The van der Waals surface area contributed by atoms with Crippen molar-refractivity contribution in [3.8, 4) is 11.5 Å². The topological polar surface area (TPSA) is 15.7 Å². The van der Waals surface area contributed by atoms with E-state index in [0.717, 1.165) is 37.6 Å². The van der Waals surface area contributed by atoms with Crippen molar-refractivity contribution < 1.29 is 4.74 Å². The normalized spacial score (nSPS) is 12.8. The van der Waals surface area contributed by atoms with Gasteiger partial charge in [-0.1, -0.05) is 30.3 Å². The van der Waals surface area contributed by atoms with E-state index in [2.05, 4.69) is 60.3 Å². The number of fused-ring (bicyclic) bond motifs is 2. The SMILES string of the molecule is CN(C)CCCN1Cc2ccccc2Oc2ccccc21.Cl. The predicted molar refractivity (Wildman–Crippen MR) is 94.4 cm³/mol. The summed E-state index contributed by atoms with van der Waals surface area (Å²) >= 11 is 0. The Balaban J connectivity index is 0.00000176. The van der Waals surface area contributed by atoms with Crippen LogP contribution < -0.4 is 9.64 Å². The Morgan fingerprint density at radius 3 is 2.45 bits per heavy atom. The average molecular weight is 319 g/mol. The molecule has 0 fully saturated rings. The van der Waals surface area contributed by atoms with Gasteiger partial charge in [-0.05, 0) is 45.3 Å². The molecule has 0 unspecified atom stereocenters. The van der Waals surface area contributed by atoms with E-state index in [-0.39, 0.29) is 12.4 Å². The summed E-state index contributed by atoms with van der Waals surface area (Å²) in [7, 11) is 4.24. The Bertz CT molecular complexity index is 616. The number of nitrogens with zero attached hydrogens (tertiary/aromatic N) is 2. The monoisotopic (exact) mass is 318 g/mol. The van der Waals surface area contributed by atoms with Gasteiger partial charge in [0, 0.05) is 18.7 Å². The number of ether oxygens (including phenoxy) is 1. The van der Waals surface area contributed by atoms with Crippen molar-refractivity contribution in [3.63, 3.8) is 0 Å². The van der Waals surface area contributed by atoms with Gasteiger partial charge in [0.05, 0.1) is 5.69 Å². The molecule has 0 aliphatic carbocycles. The zero-order chi connectivity index (χ0) is 14.7. The molecule has 22 heavy (non-hydrogen) atoms. The van der Waals surface area contributed by atoms with Gasteiger partial charge in [-0.3, -0.25) is 0 Å². The molecule has 1 aliphatic rings. The van der Waals surface area contributed by atoms with Crippen molar-refractivity contribution in [1.29, 1.82) is 0 Å². The minimum atomic E-state index is 0. The van der Waals surface area contributed by atoms with Gasteiger partial charge in [0.15, 0.2) is 5.75 Å². The summed E-state index contributed by atoms with van der Waals surface area (Å²) in [5.74, 6) is 1.92. The minimum Gasteiger partial charge on any atom is -0.455 e. The first-order valence-corrected chi connectivity index (χ1v) is 7.48. The van der Waals surface area contributed by atoms with Crippen LogP contribution in [-0.4, -0.2) is 32.1 Å². The predicted octanol–water partition coefficient (Wildman–Crippen LogP) is 4.17. The second kappa shape index (κ2) is 7.52. The first-order chi connectivity index (χ1) is 10.2. The fourth-order valence-corrected chi connectivity index (χ4v) is 2.73. The maximum absolute atomic E-state index is 6.11. The van der Waals surface area contributed by atoms with Crippen LogP contribution in [0.25, 0.3) is 0 Å². The van der Waals surface area contributed by atoms with Crippen molar-refractivity contribution in [1.82, 2.24) is 4.90 Å². The summed E-state index contributed by atoms with van der Waals surface area (Å²) in [6, 6.07) is 16.6. The number of halogens is 1. The molecule has 4 heteroatoms. The lowest BCUT2D eigenvalue weighted by molar-refractivity contribution is 0.400. The van der Waals surface area contributed by atoms with Crippen LogP contribution in [0.15, 0.2) is 48.5 Å². The van der Waals surface area contributed by atoms with E-state index in [1.54, 1.807) is 0 Å². The Morgan fingerprint density at radius 2 is 1.68 bits per heavy atom. The van der Waals surface area contributed by atoms with Crippen molar-refractivity contribution in [2.45, 2.75) is 13.0 Å². The first-order valence-electron chi connectivity index (χ1n) is 7.48. The summed E-state index contributed by atoms with van der Waals surface area (Å²) in [4.78, 5) is 4.65. The van der Waals surface area contributed by atoms with Gasteiger partial charge < -0.3 is 14.5 Å². The highest BCUT2D eigenvalue weighted by Gasteiger charge is 2.19. The van der Waals surface area contributed by atoms with E-state index >= 15 is 0 Å². The van der Waals surface area contributed by atoms with E-state index in [0.29, 0.717) is 0 Å². The van der Waals surface area contributed by atoms with Crippen LogP contribution in [0.1, 0.15) is 12.0 Å². The van der Waals surface area contributed by atoms with Crippen LogP contribution in [0.3, 0.4) is 0 Å². The molecule has 3 rings (SSSR count). The number of benzene rings is 2.